The fourth-order valence-corrected chi connectivity index (χ4v) is 4.54. The van der Waals surface area contributed by atoms with Gasteiger partial charge in [0.25, 0.3) is 11.8 Å². The number of aromatic nitrogens is 2. The summed E-state index contributed by atoms with van der Waals surface area (Å²) in [7, 11) is 0. The number of carbonyl (C=O) groups is 2. The fraction of sp³-hybridized carbons (Fsp3) is 0.0909. The minimum absolute atomic E-state index is 0.127. The molecule has 29 heavy (non-hydrogen) atoms. The number of H-pyrrole nitrogens is 2. The van der Waals surface area contributed by atoms with E-state index in [-0.39, 0.29) is 11.8 Å². The summed E-state index contributed by atoms with van der Waals surface area (Å²) in [6.07, 6.45) is 6.34. The summed E-state index contributed by atoms with van der Waals surface area (Å²) < 4.78 is 0. The Kier molecular flexibility index (Phi) is 4.29. The number of hydrogen-bond acceptors (Lipinski definition) is 3. The van der Waals surface area contributed by atoms with E-state index in [0.717, 1.165) is 28.2 Å². The van der Waals surface area contributed by atoms with Gasteiger partial charge in [0.15, 0.2) is 0 Å². The highest BCUT2D eigenvalue weighted by molar-refractivity contribution is 7.18. The quantitative estimate of drug-likeness (QED) is 0.380. The molecule has 0 atom stereocenters. The van der Waals surface area contributed by atoms with Crippen molar-refractivity contribution in [3.63, 3.8) is 0 Å². The summed E-state index contributed by atoms with van der Waals surface area (Å²) in [5, 5.41) is 7.73. The molecule has 0 saturated carbocycles. The zero-order chi connectivity index (χ0) is 19.8. The van der Waals surface area contributed by atoms with Gasteiger partial charge in [-0.05, 0) is 42.3 Å². The Balaban J connectivity index is 1.28. The Morgan fingerprint density at radius 3 is 2.90 bits per heavy atom. The summed E-state index contributed by atoms with van der Waals surface area (Å²) in [5.74, 6) is -0.273. The molecule has 7 heteroatoms. The molecule has 1 aliphatic heterocycles. The van der Waals surface area contributed by atoms with E-state index >= 15 is 0 Å². The first kappa shape index (κ1) is 17.5. The van der Waals surface area contributed by atoms with Crippen LogP contribution in [0.25, 0.3) is 22.6 Å². The molecule has 0 unspecified atom stereocenters. The van der Waals surface area contributed by atoms with Crippen LogP contribution in [0.3, 0.4) is 0 Å². The summed E-state index contributed by atoms with van der Waals surface area (Å²) in [6, 6.07) is 13.7. The predicted octanol–water partition coefficient (Wildman–Crippen LogP) is 4.02. The number of carbonyl (C=O) groups excluding carboxylic acids is 2. The molecule has 5 rings (SSSR count). The number of rotatable bonds is 5. The van der Waals surface area contributed by atoms with Gasteiger partial charge in [0, 0.05) is 41.1 Å². The standard InChI is InChI=1S/C22H18N4O2S/c27-20-16(10-14-4-3-8-23-14)17-11-19(29-22(17)26-20)21(28)24-9-7-13-12-25-18-6-2-1-5-15(13)18/h1-6,8,10-12,23,25H,7,9H2,(H,24,28)(H,26,27)/b16-10+. The molecule has 0 aliphatic carbocycles. The molecule has 4 heterocycles. The summed E-state index contributed by atoms with van der Waals surface area (Å²) in [4.78, 5) is 31.7. The van der Waals surface area contributed by atoms with Gasteiger partial charge in [-0.2, -0.15) is 0 Å². The lowest BCUT2D eigenvalue weighted by Crippen LogP contribution is -2.24. The number of anilines is 1. The minimum Gasteiger partial charge on any atom is -0.362 e. The molecule has 1 aromatic carbocycles. The van der Waals surface area contributed by atoms with Crippen molar-refractivity contribution in [1.29, 1.82) is 0 Å². The van der Waals surface area contributed by atoms with E-state index < -0.39 is 0 Å². The van der Waals surface area contributed by atoms with Crippen molar-refractivity contribution in [2.45, 2.75) is 6.42 Å². The lowest BCUT2D eigenvalue weighted by atomic mass is 10.1. The van der Waals surface area contributed by atoms with Crippen LogP contribution in [0.2, 0.25) is 0 Å². The Labute approximate surface area is 170 Å². The number of benzene rings is 1. The molecule has 0 spiro atoms. The third kappa shape index (κ3) is 3.25. The van der Waals surface area contributed by atoms with Gasteiger partial charge in [-0.25, -0.2) is 0 Å². The SMILES string of the molecule is O=C1Nc2sc(C(=O)NCCc3c[nH]c4ccccc34)cc2/C1=C\c1ccc[nH]1. The monoisotopic (exact) mass is 402 g/mol. The summed E-state index contributed by atoms with van der Waals surface area (Å²) in [6.45, 7) is 0.542. The number of thiophene rings is 1. The Morgan fingerprint density at radius 1 is 1.14 bits per heavy atom. The van der Waals surface area contributed by atoms with Crippen molar-refractivity contribution in [3.05, 3.63) is 76.6 Å². The van der Waals surface area contributed by atoms with Crippen LogP contribution in [0, 0.1) is 0 Å². The van der Waals surface area contributed by atoms with Crippen LogP contribution in [-0.2, 0) is 11.2 Å². The molecule has 0 saturated heterocycles. The first-order valence-corrected chi connectivity index (χ1v) is 10.1. The van der Waals surface area contributed by atoms with Crippen LogP contribution < -0.4 is 10.6 Å². The van der Waals surface area contributed by atoms with E-state index in [1.54, 1.807) is 18.3 Å². The smallest absolute Gasteiger partial charge is 0.261 e. The zero-order valence-corrected chi connectivity index (χ0v) is 16.2. The van der Waals surface area contributed by atoms with Crippen molar-refractivity contribution >= 4 is 50.7 Å². The third-order valence-corrected chi connectivity index (χ3v) is 6.04. The average Bonchev–Trinajstić information content (AvgIpc) is 3.49. The third-order valence-electron chi connectivity index (χ3n) is 4.99. The second-order valence-electron chi connectivity index (χ2n) is 6.86. The van der Waals surface area contributed by atoms with E-state index in [1.807, 2.05) is 36.5 Å². The van der Waals surface area contributed by atoms with Crippen LogP contribution >= 0.6 is 11.3 Å². The van der Waals surface area contributed by atoms with Crippen LogP contribution in [0.4, 0.5) is 5.00 Å². The Hall–Kier alpha value is -3.58. The van der Waals surface area contributed by atoms with Crippen LogP contribution in [-0.4, -0.2) is 28.3 Å². The maximum atomic E-state index is 12.6. The molecule has 2 amide bonds. The highest BCUT2D eigenvalue weighted by atomic mass is 32.1. The normalized spacial score (nSPS) is 14.3. The van der Waals surface area contributed by atoms with Crippen molar-refractivity contribution in [2.75, 3.05) is 11.9 Å². The molecule has 4 aromatic rings. The highest BCUT2D eigenvalue weighted by Crippen LogP contribution is 2.39. The second-order valence-corrected chi connectivity index (χ2v) is 7.91. The largest absolute Gasteiger partial charge is 0.362 e. The van der Waals surface area contributed by atoms with Gasteiger partial charge in [0.1, 0.15) is 5.00 Å². The van der Waals surface area contributed by atoms with Gasteiger partial charge in [0.2, 0.25) is 0 Å². The number of nitrogens with one attached hydrogen (secondary N) is 4. The Morgan fingerprint density at radius 2 is 2.03 bits per heavy atom. The second kappa shape index (κ2) is 7.10. The minimum atomic E-state index is -0.146. The molecular formula is C22H18N4O2S. The van der Waals surface area contributed by atoms with Gasteiger partial charge >= 0.3 is 0 Å². The summed E-state index contributed by atoms with van der Waals surface area (Å²) >= 11 is 1.30. The van der Waals surface area contributed by atoms with Crippen molar-refractivity contribution in [3.8, 4) is 0 Å². The van der Waals surface area contributed by atoms with E-state index in [0.29, 0.717) is 17.0 Å². The number of aromatic amines is 2. The maximum absolute atomic E-state index is 12.6. The molecule has 144 valence electrons. The number of para-hydroxylation sites is 1. The zero-order valence-electron chi connectivity index (χ0n) is 15.4. The molecule has 0 radical (unpaired) electrons. The average molecular weight is 402 g/mol. The number of fused-ring (bicyclic) bond motifs is 2. The molecule has 6 nitrogen and oxygen atoms in total. The maximum Gasteiger partial charge on any atom is 0.261 e. The first-order chi connectivity index (χ1) is 14.2. The lowest BCUT2D eigenvalue weighted by Gasteiger charge is -2.03. The van der Waals surface area contributed by atoms with Crippen LogP contribution in [0.15, 0.2) is 54.9 Å². The van der Waals surface area contributed by atoms with Crippen molar-refractivity contribution < 1.29 is 9.59 Å². The highest BCUT2D eigenvalue weighted by Gasteiger charge is 2.28. The molecular weight excluding hydrogens is 384 g/mol. The van der Waals surface area contributed by atoms with Gasteiger partial charge in [0.05, 0.1) is 10.5 Å². The number of hydrogen-bond donors (Lipinski definition) is 4. The van der Waals surface area contributed by atoms with Crippen molar-refractivity contribution in [1.82, 2.24) is 15.3 Å². The van der Waals surface area contributed by atoms with Gasteiger partial charge < -0.3 is 20.6 Å². The van der Waals surface area contributed by atoms with E-state index in [9.17, 15) is 9.59 Å². The summed E-state index contributed by atoms with van der Waals surface area (Å²) in [5.41, 5.74) is 4.46. The lowest BCUT2D eigenvalue weighted by molar-refractivity contribution is -0.110. The van der Waals surface area contributed by atoms with Gasteiger partial charge in [-0.1, -0.05) is 18.2 Å². The predicted molar refractivity (Wildman–Crippen MR) is 116 cm³/mol. The van der Waals surface area contributed by atoms with Crippen LogP contribution in [0.5, 0.6) is 0 Å². The number of amides is 2. The van der Waals surface area contributed by atoms with Crippen LogP contribution in [0.1, 0.15) is 26.5 Å². The van der Waals surface area contributed by atoms with E-state index in [1.165, 1.54) is 22.3 Å². The molecule has 4 N–H and O–H groups in total. The molecule has 0 fully saturated rings. The topological polar surface area (TPSA) is 89.8 Å². The van der Waals surface area contributed by atoms with E-state index in [4.69, 9.17) is 0 Å². The van der Waals surface area contributed by atoms with Gasteiger partial charge in [-0.3, -0.25) is 9.59 Å². The first-order valence-electron chi connectivity index (χ1n) is 9.33. The molecule has 3 aromatic heterocycles. The molecule has 0 bridgehead atoms. The molecule has 1 aliphatic rings. The van der Waals surface area contributed by atoms with E-state index in [2.05, 4.69) is 26.7 Å². The Bertz CT molecular complexity index is 1250. The van der Waals surface area contributed by atoms with Crippen molar-refractivity contribution in [2.24, 2.45) is 0 Å². The fourth-order valence-electron chi connectivity index (χ4n) is 3.56. The van der Waals surface area contributed by atoms with Gasteiger partial charge in [-0.15, -0.1) is 11.3 Å².